The monoisotopic (exact) mass is 285 g/mol. The van der Waals surface area contributed by atoms with Gasteiger partial charge in [0.2, 0.25) is 0 Å². The number of pyridine rings is 1. The molecule has 2 rings (SSSR count). The number of benzene rings is 1. The van der Waals surface area contributed by atoms with E-state index in [1.807, 2.05) is 37.3 Å². The van der Waals surface area contributed by atoms with E-state index in [9.17, 15) is 4.79 Å². The van der Waals surface area contributed by atoms with E-state index in [1.165, 1.54) is 0 Å². The van der Waals surface area contributed by atoms with Crippen LogP contribution in [0.25, 0.3) is 0 Å². The molecule has 0 fully saturated rings. The molecule has 3 N–H and O–H groups in total. The summed E-state index contributed by atoms with van der Waals surface area (Å²) in [7, 11) is 0. The van der Waals surface area contributed by atoms with Crippen LogP contribution >= 0.6 is 12.2 Å². The second-order valence-electron chi connectivity index (χ2n) is 4.46. The lowest BCUT2D eigenvalue weighted by molar-refractivity contribution is 0.102. The Kier molecular flexibility index (Phi) is 4.42. The van der Waals surface area contributed by atoms with Gasteiger partial charge in [0.1, 0.15) is 5.69 Å². The van der Waals surface area contributed by atoms with E-state index in [4.69, 9.17) is 18.0 Å². The summed E-state index contributed by atoms with van der Waals surface area (Å²) in [6.45, 7) is 1.85. The van der Waals surface area contributed by atoms with Crippen LogP contribution < -0.4 is 11.1 Å². The number of amides is 1. The minimum Gasteiger partial charge on any atom is -0.393 e. The number of aromatic nitrogens is 1. The van der Waals surface area contributed by atoms with Gasteiger partial charge >= 0.3 is 0 Å². The highest BCUT2D eigenvalue weighted by molar-refractivity contribution is 7.80. The van der Waals surface area contributed by atoms with Crippen molar-refractivity contribution in [3.05, 3.63) is 59.4 Å². The minimum absolute atomic E-state index is 0.217. The third-order valence-electron chi connectivity index (χ3n) is 2.81. The van der Waals surface area contributed by atoms with Crippen molar-refractivity contribution in [3.63, 3.8) is 0 Å². The fourth-order valence-electron chi connectivity index (χ4n) is 1.82. The fourth-order valence-corrected chi connectivity index (χ4v) is 1.99. The summed E-state index contributed by atoms with van der Waals surface area (Å²) < 4.78 is 0. The van der Waals surface area contributed by atoms with E-state index >= 15 is 0 Å². The highest BCUT2D eigenvalue weighted by Gasteiger charge is 2.10. The van der Waals surface area contributed by atoms with E-state index < -0.39 is 0 Å². The maximum atomic E-state index is 12.1. The van der Waals surface area contributed by atoms with Crippen molar-refractivity contribution in [2.24, 2.45) is 5.73 Å². The smallest absolute Gasteiger partial charge is 0.274 e. The van der Waals surface area contributed by atoms with Crippen LogP contribution in [0.5, 0.6) is 0 Å². The highest BCUT2D eigenvalue weighted by atomic mass is 32.1. The molecule has 0 aliphatic carbocycles. The number of rotatable bonds is 4. The summed E-state index contributed by atoms with van der Waals surface area (Å²) >= 11 is 4.86. The van der Waals surface area contributed by atoms with Crippen molar-refractivity contribution in [2.75, 3.05) is 5.32 Å². The van der Waals surface area contributed by atoms with Crippen molar-refractivity contribution in [1.82, 2.24) is 4.98 Å². The number of hydrogen-bond acceptors (Lipinski definition) is 3. The van der Waals surface area contributed by atoms with Crippen LogP contribution in [-0.2, 0) is 6.42 Å². The van der Waals surface area contributed by atoms with Crippen LogP contribution in [0.15, 0.2) is 42.6 Å². The SMILES string of the molecule is Cc1cccnc1C(=O)Nc1ccc(CC(N)=S)cc1. The summed E-state index contributed by atoms with van der Waals surface area (Å²) in [6.07, 6.45) is 2.16. The van der Waals surface area contributed by atoms with Crippen LogP contribution in [0, 0.1) is 6.92 Å². The van der Waals surface area contributed by atoms with Crippen molar-refractivity contribution in [1.29, 1.82) is 0 Å². The van der Waals surface area contributed by atoms with Gasteiger partial charge in [-0.25, -0.2) is 0 Å². The molecule has 102 valence electrons. The zero-order valence-electron chi connectivity index (χ0n) is 11.1. The van der Waals surface area contributed by atoms with Gasteiger partial charge in [0, 0.05) is 18.3 Å². The van der Waals surface area contributed by atoms with E-state index in [-0.39, 0.29) is 5.91 Å². The maximum absolute atomic E-state index is 12.1. The zero-order valence-corrected chi connectivity index (χ0v) is 11.9. The molecule has 1 amide bonds. The number of nitrogens with zero attached hydrogens (tertiary/aromatic N) is 1. The standard InChI is InChI=1S/C15H15N3OS/c1-10-3-2-8-17-14(10)15(19)18-12-6-4-11(5-7-12)9-13(16)20/h2-8H,9H2,1H3,(H2,16,20)(H,18,19). The maximum Gasteiger partial charge on any atom is 0.274 e. The summed E-state index contributed by atoms with van der Waals surface area (Å²) in [6, 6.07) is 11.1. The molecule has 2 aromatic rings. The number of anilines is 1. The van der Waals surface area contributed by atoms with Crippen LogP contribution in [0.3, 0.4) is 0 Å². The number of carbonyl (C=O) groups excluding carboxylic acids is 1. The van der Waals surface area contributed by atoms with Gasteiger partial charge in [-0.3, -0.25) is 9.78 Å². The Morgan fingerprint density at radius 2 is 2.00 bits per heavy atom. The zero-order chi connectivity index (χ0) is 14.5. The fraction of sp³-hybridized carbons (Fsp3) is 0.133. The van der Waals surface area contributed by atoms with Gasteiger partial charge < -0.3 is 11.1 Å². The first-order valence-corrected chi connectivity index (χ1v) is 6.57. The number of nitrogens with one attached hydrogen (secondary N) is 1. The van der Waals surface area contributed by atoms with Gasteiger partial charge in [-0.2, -0.15) is 0 Å². The quantitative estimate of drug-likeness (QED) is 0.847. The van der Waals surface area contributed by atoms with Gasteiger partial charge in [-0.1, -0.05) is 30.4 Å². The van der Waals surface area contributed by atoms with Crippen LogP contribution in [0.2, 0.25) is 0 Å². The molecule has 0 saturated heterocycles. The predicted octanol–water partition coefficient (Wildman–Crippen LogP) is 2.47. The molecule has 1 aromatic heterocycles. The third kappa shape index (κ3) is 3.61. The molecule has 0 aliphatic heterocycles. The van der Waals surface area contributed by atoms with E-state index in [0.29, 0.717) is 22.8 Å². The molecular weight excluding hydrogens is 270 g/mol. The second kappa shape index (κ2) is 6.25. The topological polar surface area (TPSA) is 68.0 Å². The molecule has 1 aromatic carbocycles. The van der Waals surface area contributed by atoms with Crippen LogP contribution in [-0.4, -0.2) is 15.9 Å². The first-order valence-electron chi connectivity index (χ1n) is 6.16. The molecule has 0 spiro atoms. The number of carbonyl (C=O) groups is 1. The Hall–Kier alpha value is -2.27. The third-order valence-corrected chi connectivity index (χ3v) is 2.96. The molecular formula is C15H15N3OS. The molecule has 0 unspecified atom stereocenters. The van der Waals surface area contributed by atoms with Crippen LogP contribution in [0.4, 0.5) is 5.69 Å². The van der Waals surface area contributed by atoms with Gasteiger partial charge in [0.25, 0.3) is 5.91 Å². The molecule has 0 aliphatic rings. The van der Waals surface area contributed by atoms with Crippen molar-refractivity contribution in [2.45, 2.75) is 13.3 Å². The highest BCUT2D eigenvalue weighted by Crippen LogP contribution is 2.12. The summed E-state index contributed by atoms with van der Waals surface area (Å²) in [5.74, 6) is -0.217. The van der Waals surface area contributed by atoms with Gasteiger partial charge in [0.15, 0.2) is 0 Å². The van der Waals surface area contributed by atoms with Crippen molar-refractivity contribution >= 4 is 28.8 Å². The average molecular weight is 285 g/mol. The molecule has 0 saturated carbocycles. The first-order chi connectivity index (χ1) is 9.56. The summed E-state index contributed by atoms with van der Waals surface area (Å²) in [5.41, 5.74) is 8.49. The van der Waals surface area contributed by atoms with Gasteiger partial charge in [-0.15, -0.1) is 0 Å². The normalized spacial score (nSPS) is 10.1. The van der Waals surface area contributed by atoms with E-state index in [1.54, 1.807) is 12.3 Å². The van der Waals surface area contributed by atoms with Crippen molar-refractivity contribution < 1.29 is 4.79 Å². The Labute approximate surface area is 123 Å². The molecule has 5 heteroatoms. The predicted molar refractivity (Wildman–Crippen MR) is 83.9 cm³/mol. The van der Waals surface area contributed by atoms with Gasteiger partial charge in [0.05, 0.1) is 4.99 Å². The largest absolute Gasteiger partial charge is 0.393 e. The lowest BCUT2D eigenvalue weighted by atomic mass is 10.1. The van der Waals surface area contributed by atoms with Crippen molar-refractivity contribution in [3.8, 4) is 0 Å². The number of nitrogens with two attached hydrogens (primary N) is 1. The van der Waals surface area contributed by atoms with E-state index in [0.717, 1.165) is 11.1 Å². The Morgan fingerprint density at radius 1 is 1.30 bits per heavy atom. The Bertz CT molecular complexity index is 638. The number of thiocarbonyl (C=S) groups is 1. The molecule has 1 heterocycles. The van der Waals surface area contributed by atoms with Gasteiger partial charge in [-0.05, 0) is 36.2 Å². The second-order valence-corrected chi connectivity index (χ2v) is 4.99. The molecule has 0 bridgehead atoms. The molecule has 4 nitrogen and oxygen atoms in total. The Morgan fingerprint density at radius 3 is 2.60 bits per heavy atom. The van der Waals surface area contributed by atoms with E-state index in [2.05, 4.69) is 10.3 Å². The average Bonchev–Trinajstić information content (AvgIpc) is 2.41. The molecule has 0 atom stereocenters. The Balaban J connectivity index is 2.09. The summed E-state index contributed by atoms with van der Waals surface area (Å²) in [4.78, 5) is 16.6. The summed E-state index contributed by atoms with van der Waals surface area (Å²) in [5, 5.41) is 2.81. The minimum atomic E-state index is -0.217. The first kappa shape index (κ1) is 14.1. The lowest BCUT2D eigenvalue weighted by Crippen LogP contribution is -2.15. The lowest BCUT2D eigenvalue weighted by Gasteiger charge is -2.07. The molecule has 0 radical (unpaired) electrons. The number of hydrogen-bond donors (Lipinski definition) is 2. The number of aryl methyl sites for hydroxylation is 1. The van der Waals surface area contributed by atoms with Crippen LogP contribution in [0.1, 0.15) is 21.6 Å². The molecule has 20 heavy (non-hydrogen) atoms.